The van der Waals surface area contributed by atoms with Crippen LogP contribution in [0.5, 0.6) is 0 Å². The van der Waals surface area contributed by atoms with Crippen molar-refractivity contribution in [3.8, 4) is 50.6 Å². The first-order valence-electron chi connectivity index (χ1n) is 22.6. The summed E-state index contributed by atoms with van der Waals surface area (Å²) in [6.45, 7) is 11.5. The first-order chi connectivity index (χ1) is 31.7. The van der Waals surface area contributed by atoms with Crippen LogP contribution in [0.4, 0.5) is 9.59 Å². The van der Waals surface area contributed by atoms with E-state index in [0.717, 1.165) is 76.3 Å². The number of aromatic nitrogens is 5. The highest BCUT2D eigenvalue weighted by atomic mass is 16.5. The standard InChI is InChI=1S/C51H59N9O6/c1-31(2)44(57-50(64)66-7)48(62)60-26-9-11-42(60)47-53-29-40(56-47)34-18-22-37(23-19-34)58-27-24-38(45(58)35-16-20-36(21-17-35)51(3,4)5)32-12-14-33(15-13-32)39-28-52-46(55-39)41-10-8-25-59(41)43(61)30-54-49(63)65-6/h12-24,27-29,31,41-42,44H,8-11,25-26,30H2,1-7H3,(H,52,55)(H,53,56)(H,54,63)(H,57,64)/t41-,42-,44?/m0/s1. The van der Waals surface area contributed by atoms with Gasteiger partial charge in [-0.2, -0.15) is 0 Å². The predicted molar refractivity (Wildman–Crippen MR) is 252 cm³/mol. The Morgan fingerprint density at radius 2 is 1.24 bits per heavy atom. The molecule has 3 aromatic carbocycles. The van der Waals surface area contributed by atoms with Crippen molar-refractivity contribution in [2.45, 2.75) is 83.8 Å². The lowest BCUT2D eigenvalue weighted by Gasteiger charge is -2.29. The van der Waals surface area contributed by atoms with Gasteiger partial charge in [0, 0.05) is 54.1 Å². The molecule has 8 rings (SSSR count). The van der Waals surface area contributed by atoms with Crippen molar-refractivity contribution in [3.63, 3.8) is 0 Å². The second-order valence-corrected chi connectivity index (χ2v) is 18.4. The van der Waals surface area contributed by atoms with Gasteiger partial charge in [0.15, 0.2) is 0 Å². The number of aromatic amines is 2. The fraction of sp³-hybridized carbons (Fsp3) is 0.373. The van der Waals surface area contributed by atoms with E-state index in [2.05, 4.69) is 136 Å². The summed E-state index contributed by atoms with van der Waals surface area (Å²) < 4.78 is 11.6. The third-order valence-corrected chi connectivity index (χ3v) is 12.7. The molecule has 1 unspecified atom stereocenters. The van der Waals surface area contributed by atoms with Gasteiger partial charge in [-0.15, -0.1) is 0 Å². The van der Waals surface area contributed by atoms with Crippen LogP contribution in [-0.4, -0.2) is 98.2 Å². The van der Waals surface area contributed by atoms with Crippen LogP contribution in [0, 0.1) is 5.92 Å². The van der Waals surface area contributed by atoms with E-state index in [0.29, 0.717) is 24.7 Å². The van der Waals surface area contributed by atoms with Crippen LogP contribution >= 0.6 is 0 Å². The van der Waals surface area contributed by atoms with Crippen molar-refractivity contribution in [2.24, 2.45) is 5.92 Å². The molecule has 5 heterocycles. The maximum absolute atomic E-state index is 13.7. The van der Waals surface area contributed by atoms with Gasteiger partial charge >= 0.3 is 12.2 Å². The molecule has 6 aromatic rings. The minimum absolute atomic E-state index is 0.00432. The van der Waals surface area contributed by atoms with Crippen molar-refractivity contribution in [2.75, 3.05) is 33.9 Å². The van der Waals surface area contributed by atoms with Gasteiger partial charge in [0.2, 0.25) is 11.8 Å². The number of amides is 4. The Hall–Kier alpha value is -7.16. The number of methoxy groups -OCH3 is 2. The Morgan fingerprint density at radius 1 is 0.712 bits per heavy atom. The van der Waals surface area contributed by atoms with Crippen LogP contribution in [-0.2, 0) is 24.5 Å². The van der Waals surface area contributed by atoms with Crippen molar-refractivity contribution in [1.29, 1.82) is 0 Å². The zero-order chi connectivity index (χ0) is 46.7. The van der Waals surface area contributed by atoms with E-state index in [-0.39, 0.29) is 41.8 Å². The van der Waals surface area contributed by atoms with Gasteiger partial charge in [-0.3, -0.25) is 9.59 Å². The number of ether oxygens (including phenoxy) is 2. The second-order valence-electron chi connectivity index (χ2n) is 18.4. The molecule has 0 spiro atoms. The van der Waals surface area contributed by atoms with Gasteiger partial charge < -0.3 is 44.4 Å². The summed E-state index contributed by atoms with van der Waals surface area (Å²) in [4.78, 5) is 70.5. The molecule has 2 aliphatic rings. The Morgan fingerprint density at radius 3 is 1.80 bits per heavy atom. The van der Waals surface area contributed by atoms with E-state index < -0.39 is 18.2 Å². The van der Waals surface area contributed by atoms with Gasteiger partial charge in [0.05, 0.1) is 43.4 Å². The third kappa shape index (κ3) is 9.46. The number of alkyl carbamates (subject to hydrolysis) is 2. The van der Waals surface area contributed by atoms with Gasteiger partial charge in [0.25, 0.3) is 0 Å². The number of imidazole rings is 2. The molecular weight excluding hydrogens is 835 g/mol. The highest BCUT2D eigenvalue weighted by Gasteiger charge is 2.38. The highest BCUT2D eigenvalue weighted by molar-refractivity contribution is 5.87. The molecule has 66 heavy (non-hydrogen) atoms. The van der Waals surface area contributed by atoms with Crippen LogP contribution in [0.1, 0.15) is 89.6 Å². The summed E-state index contributed by atoms with van der Waals surface area (Å²) in [6.07, 6.45) is 7.84. The van der Waals surface area contributed by atoms with Crippen LogP contribution < -0.4 is 10.6 Å². The zero-order valence-corrected chi connectivity index (χ0v) is 38.7. The van der Waals surface area contributed by atoms with Crippen molar-refractivity contribution in [1.82, 2.24) is 44.9 Å². The Labute approximate surface area is 385 Å². The zero-order valence-electron chi connectivity index (χ0n) is 38.7. The number of hydrogen-bond donors (Lipinski definition) is 4. The van der Waals surface area contributed by atoms with Crippen molar-refractivity contribution in [3.05, 3.63) is 115 Å². The molecule has 15 nitrogen and oxygen atoms in total. The molecular formula is C51H59N9O6. The molecule has 0 radical (unpaired) electrons. The molecule has 2 aliphatic heterocycles. The molecule has 0 saturated carbocycles. The molecule has 2 fully saturated rings. The average Bonchev–Trinajstić information content (AvgIpc) is 4.19. The summed E-state index contributed by atoms with van der Waals surface area (Å²) in [5, 5.41) is 5.20. The summed E-state index contributed by atoms with van der Waals surface area (Å²) >= 11 is 0. The van der Waals surface area contributed by atoms with Crippen molar-refractivity contribution >= 4 is 24.0 Å². The van der Waals surface area contributed by atoms with Crippen LogP contribution in [0.3, 0.4) is 0 Å². The highest BCUT2D eigenvalue weighted by Crippen LogP contribution is 2.39. The van der Waals surface area contributed by atoms with Gasteiger partial charge in [-0.1, -0.05) is 95.3 Å². The number of carbonyl (C=O) groups excluding carboxylic acids is 4. The SMILES string of the molecule is COC(=O)NCC(=O)N1CCC[C@H]1c1nc(-c2ccc(-c3ccn(-c4ccc(-c5c[nH]c([C@@H]6CCCN6C(=O)C(NC(=O)OC)C(C)C)n5)cc4)c3-c3ccc(C(C)(C)C)cc3)cc2)c[nH]1. The van der Waals surface area contributed by atoms with E-state index >= 15 is 0 Å². The Balaban J connectivity index is 1.04. The molecule has 0 bridgehead atoms. The number of H-pyrrole nitrogens is 2. The summed E-state index contributed by atoms with van der Waals surface area (Å²) in [5.74, 6) is 0.988. The third-order valence-electron chi connectivity index (χ3n) is 12.7. The number of likely N-dealkylation sites (tertiary alicyclic amines) is 2. The summed E-state index contributed by atoms with van der Waals surface area (Å²) in [5.41, 5.74) is 9.95. The van der Waals surface area contributed by atoms with Crippen LogP contribution in [0.25, 0.3) is 50.6 Å². The molecule has 4 amide bonds. The number of nitrogens with one attached hydrogen (secondary N) is 4. The summed E-state index contributed by atoms with van der Waals surface area (Å²) in [6, 6.07) is 26.6. The van der Waals surface area contributed by atoms with Crippen molar-refractivity contribution < 1.29 is 28.7 Å². The molecule has 2 saturated heterocycles. The smallest absolute Gasteiger partial charge is 0.407 e. The predicted octanol–water partition coefficient (Wildman–Crippen LogP) is 8.95. The Bertz CT molecular complexity index is 2670. The fourth-order valence-corrected chi connectivity index (χ4v) is 9.09. The Kier molecular flexibility index (Phi) is 13.2. The number of hydrogen-bond acceptors (Lipinski definition) is 8. The number of carbonyl (C=O) groups is 4. The fourth-order valence-electron chi connectivity index (χ4n) is 9.09. The lowest BCUT2D eigenvalue weighted by atomic mass is 9.86. The quantitative estimate of drug-likeness (QED) is 0.0940. The maximum Gasteiger partial charge on any atom is 0.407 e. The maximum atomic E-state index is 13.7. The number of nitrogens with zero attached hydrogens (tertiary/aromatic N) is 5. The van der Waals surface area contributed by atoms with E-state index in [4.69, 9.17) is 14.7 Å². The van der Waals surface area contributed by atoms with E-state index in [1.165, 1.54) is 19.8 Å². The monoisotopic (exact) mass is 893 g/mol. The number of rotatable bonds is 12. The normalized spacial score (nSPS) is 16.7. The van der Waals surface area contributed by atoms with Gasteiger partial charge in [0.1, 0.15) is 24.2 Å². The van der Waals surface area contributed by atoms with Gasteiger partial charge in [-0.25, -0.2) is 19.6 Å². The first kappa shape index (κ1) is 45.4. The molecule has 3 aromatic heterocycles. The van der Waals surface area contributed by atoms with E-state index in [9.17, 15) is 19.2 Å². The second kappa shape index (κ2) is 19.1. The molecule has 4 N–H and O–H groups in total. The molecule has 0 aliphatic carbocycles. The lowest BCUT2D eigenvalue weighted by molar-refractivity contribution is -0.135. The average molecular weight is 894 g/mol. The van der Waals surface area contributed by atoms with E-state index in [1.54, 1.807) is 4.90 Å². The van der Waals surface area contributed by atoms with Crippen LogP contribution in [0.15, 0.2) is 97.5 Å². The van der Waals surface area contributed by atoms with E-state index in [1.807, 2.05) is 31.1 Å². The lowest BCUT2D eigenvalue weighted by Crippen LogP contribution is -2.51. The topological polar surface area (TPSA) is 180 Å². The van der Waals surface area contributed by atoms with Gasteiger partial charge in [-0.05, 0) is 71.9 Å². The minimum Gasteiger partial charge on any atom is -0.453 e. The first-order valence-corrected chi connectivity index (χ1v) is 22.6. The molecule has 344 valence electrons. The largest absolute Gasteiger partial charge is 0.453 e. The molecule has 3 atom stereocenters. The van der Waals surface area contributed by atoms with Crippen LogP contribution in [0.2, 0.25) is 0 Å². The number of benzene rings is 3. The minimum atomic E-state index is -0.703. The molecule has 15 heteroatoms. The summed E-state index contributed by atoms with van der Waals surface area (Å²) in [7, 11) is 2.56.